The number of likely N-dealkylation sites (N-methyl/N-ethyl adjacent to an activating group) is 1. The molecule has 0 aromatic heterocycles. The van der Waals surface area contributed by atoms with Crippen molar-refractivity contribution < 1.29 is 9.53 Å². The fraction of sp³-hybridized carbons (Fsp3) is 0.474. The van der Waals surface area contributed by atoms with Gasteiger partial charge in [0.05, 0.1) is 7.11 Å². The van der Waals surface area contributed by atoms with Crippen molar-refractivity contribution in [1.82, 2.24) is 9.80 Å². The maximum absolute atomic E-state index is 12.9. The van der Waals surface area contributed by atoms with Crippen LogP contribution in [0.3, 0.4) is 0 Å². The van der Waals surface area contributed by atoms with Crippen LogP contribution in [0.15, 0.2) is 23.9 Å². The van der Waals surface area contributed by atoms with Gasteiger partial charge in [-0.1, -0.05) is 25.3 Å². The lowest BCUT2D eigenvalue weighted by Crippen LogP contribution is -2.41. The summed E-state index contributed by atoms with van der Waals surface area (Å²) in [7, 11) is 3.54. The molecule has 0 atom stereocenters. The van der Waals surface area contributed by atoms with E-state index in [9.17, 15) is 4.79 Å². The third-order valence-corrected chi connectivity index (χ3v) is 5.42. The number of ether oxygens (including phenoxy) is 1. The van der Waals surface area contributed by atoms with Gasteiger partial charge in [-0.3, -0.25) is 9.69 Å². The number of hydrogen-bond donors (Lipinski definition) is 0. The van der Waals surface area contributed by atoms with Gasteiger partial charge in [0.2, 0.25) is 0 Å². The highest BCUT2D eigenvalue weighted by Gasteiger charge is 2.40. The second kappa shape index (κ2) is 6.93. The van der Waals surface area contributed by atoms with Crippen molar-refractivity contribution in [2.45, 2.75) is 45.1 Å². The zero-order valence-electron chi connectivity index (χ0n) is 14.5. The third-order valence-electron chi connectivity index (χ3n) is 4.95. The molecule has 2 aliphatic rings. The highest BCUT2D eigenvalue weighted by molar-refractivity contribution is 7.80. The molecule has 0 N–H and O–H groups in total. The van der Waals surface area contributed by atoms with Crippen molar-refractivity contribution in [3.8, 4) is 5.75 Å². The zero-order valence-corrected chi connectivity index (χ0v) is 15.4. The highest BCUT2D eigenvalue weighted by Crippen LogP contribution is 2.31. The monoisotopic (exact) mass is 344 g/mol. The van der Waals surface area contributed by atoms with Gasteiger partial charge >= 0.3 is 0 Å². The van der Waals surface area contributed by atoms with Crippen LogP contribution in [0.1, 0.15) is 43.2 Å². The number of benzene rings is 1. The molecule has 1 saturated carbocycles. The number of thiocarbonyl (C=S) groups is 1. The molecule has 0 spiro atoms. The Hall–Kier alpha value is -1.88. The second-order valence-electron chi connectivity index (χ2n) is 6.57. The van der Waals surface area contributed by atoms with E-state index in [1.807, 2.05) is 48.0 Å². The lowest BCUT2D eigenvalue weighted by atomic mass is 9.94. The molecule has 4 nitrogen and oxygen atoms in total. The molecule has 2 fully saturated rings. The maximum Gasteiger partial charge on any atom is 0.277 e. The van der Waals surface area contributed by atoms with E-state index in [0.29, 0.717) is 10.8 Å². The van der Waals surface area contributed by atoms with E-state index in [1.54, 1.807) is 7.11 Å². The van der Waals surface area contributed by atoms with Gasteiger partial charge in [-0.15, -0.1) is 0 Å². The van der Waals surface area contributed by atoms with Gasteiger partial charge in [0, 0.05) is 13.1 Å². The molecule has 1 heterocycles. The number of carbonyl (C=O) groups is 1. The van der Waals surface area contributed by atoms with E-state index < -0.39 is 0 Å². The topological polar surface area (TPSA) is 32.8 Å². The Kier molecular flexibility index (Phi) is 4.90. The molecular formula is C19H24N2O2S. The zero-order chi connectivity index (χ0) is 17.3. The van der Waals surface area contributed by atoms with Gasteiger partial charge in [-0.05, 0) is 61.3 Å². The lowest BCUT2D eigenvalue weighted by Gasteiger charge is -2.30. The van der Waals surface area contributed by atoms with Crippen LogP contribution in [0.2, 0.25) is 0 Å². The SMILES string of the molecule is COc1ccc(C=C2C(=O)N(C3CCCCC3)C(=S)N2C)cc1C. The maximum atomic E-state index is 12.9. The molecule has 1 aromatic rings. The largest absolute Gasteiger partial charge is 0.496 e. The summed E-state index contributed by atoms with van der Waals surface area (Å²) in [6.07, 6.45) is 7.64. The number of aryl methyl sites for hydroxylation is 1. The predicted molar refractivity (Wildman–Crippen MR) is 99.8 cm³/mol. The van der Waals surface area contributed by atoms with Gasteiger partial charge in [-0.2, -0.15) is 0 Å². The van der Waals surface area contributed by atoms with Gasteiger partial charge < -0.3 is 9.64 Å². The summed E-state index contributed by atoms with van der Waals surface area (Å²) in [5.41, 5.74) is 2.68. The minimum Gasteiger partial charge on any atom is -0.496 e. The molecule has 5 heteroatoms. The molecule has 1 saturated heterocycles. The summed E-state index contributed by atoms with van der Waals surface area (Å²) in [4.78, 5) is 16.6. The van der Waals surface area contributed by atoms with Crippen LogP contribution < -0.4 is 4.74 Å². The minimum absolute atomic E-state index is 0.0304. The number of amides is 1. The summed E-state index contributed by atoms with van der Waals surface area (Å²) in [6.45, 7) is 2.00. The average Bonchev–Trinajstić information content (AvgIpc) is 2.79. The summed E-state index contributed by atoms with van der Waals surface area (Å²) in [6, 6.07) is 6.17. The van der Waals surface area contributed by atoms with E-state index >= 15 is 0 Å². The van der Waals surface area contributed by atoms with E-state index in [-0.39, 0.29) is 11.9 Å². The third kappa shape index (κ3) is 3.05. The first kappa shape index (κ1) is 17.0. The normalized spacial score (nSPS) is 21.0. The average molecular weight is 344 g/mol. The fourth-order valence-electron chi connectivity index (χ4n) is 3.59. The first-order valence-corrected chi connectivity index (χ1v) is 8.91. The molecule has 0 radical (unpaired) electrons. The Bertz CT molecular complexity index is 693. The van der Waals surface area contributed by atoms with Crippen molar-refractivity contribution in [2.75, 3.05) is 14.2 Å². The molecule has 1 aromatic carbocycles. The predicted octanol–water partition coefficient (Wildman–Crippen LogP) is 3.74. The number of rotatable bonds is 3. The van der Waals surface area contributed by atoms with Crippen LogP contribution in [0, 0.1) is 6.92 Å². The van der Waals surface area contributed by atoms with Crippen LogP contribution in [-0.4, -0.2) is 41.0 Å². The molecule has 3 rings (SSSR count). The highest BCUT2D eigenvalue weighted by atomic mass is 32.1. The minimum atomic E-state index is 0.0304. The lowest BCUT2D eigenvalue weighted by molar-refractivity contribution is -0.124. The molecule has 1 amide bonds. The molecule has 128 valence electrons. The van der Waals surface area contributed by atoms with Crippen molar-refractivity contribution in [3.63, 3.8) is 0 Å². The Balaban J connectivity index is 1.89. The van der Waals surface area contributed by atoms with Gasteiger partial charge in [0.1, 0.15) is 11.4 Å². The summed E-state index contributed by atoms with van der Waals surface area (Å²) >= 11 is 5.55. The van der Waals surface area contributed by atoms with Gasteiger partial charge in [-0.25, -0.2) is 0 Å². The summed E-state index contributed by atoms with van der Waals surface area (Å²) < 4.78 is 5.30. The quantitative estimate of drug-likeness (QED) is 0.618. The number of methoxy groups -OCH3 is 1. The van der Waals surface area contributed by atoms with Crippen LogP contribution in [0.25, 0.3) is 6.08 Å². The number of nitrogens with zero attached hydrogens (tertiary/aromatic N) is 2. The molecule has 1 aliphatic carbocycles. The van der Waals surface area contributed by atoms with E-state index in [2.05, 4.69) is 0 Å². The van der Waals surface area contributed by atoms with Crippen molar-refractivity contribution in [2.24, 2.45) is 0 Å². The first-order valence-electron chi connectivity index (χ1n) is 8.50. The number of hydrogen-bond acceptors (Lipinski definition) is 3. The van der Waals surface area contributed by atoms with Crippen LogP contribution in [0.4, 0.5) is 0 Å². The molecule has 0 unspecified atom stereocenters. The summed E-state index contributed by atoms with van der Waals surface area (Å²) in [5, 5.41) is 0.628. The molecular weight excluding hydrogens is 320 g/mol. The van der Waals surface area contributed by atoms with Crippen molar-refractivity contribution in [1.29, 1.82) is 0 Å². The Labute approximate surface area is 149 Å². The van der Waals surface area contributed by atoms with Crippen LogP contribution in [0.5, 0.6) is 5.75 Å². The summed E-state index contributed by atoms with van der Waals surface area (Å²) in [5.74, 6) is 0.880. The van der Waals surface area contributed by atoms with E-state index in [4.69, 9.17) is 17.0 Å². The Morgan fingerprint density at radius 2 is 1.96 bits per heavy atom. The van der Waals surface area contributed by atoms with Crippen molar-refractivity contribution in [3.05, 3.63) is 35.0 Å². The smallest absolute Gasteiger partial charge is 0.277 e. The van der Waals surface area contributed by atoms with E-state index in [0.717, 1.165) is 29.7 Å². The first-order chi connectivity index (χ1) is 11.5. The van der Waals surface area contributed by atoms with Crippen molar-refractivity contribution >= 4 is 29.3 Å². The molecule has 1 aliphatic heterocycles. The standard InChI is InChI=1S/C19H24N2O2S/c1-13-11-14(9-10-17(13)23-3)12-16-18(22)21(19(24)20(16)2)15-7-5-4-6-8-15/h9-12,15H,4-8H2,1-3H3. The van der Waals surface area contributed by atoms with Gasteiger partial charge in [0.15, 0.2) is 5.11 Å². The van der Waals surface area contributed by atoms with Gasteiger partial charge in [0.25, 0.3) is 5.91 Å². The molecule has 0 bridgehead atoms. The Morgan fingerprint density at radius 3 is 2.58 bits per heavy atom. The molecule has 24 heavy (non-hydrogen) atoms. The van der Waals surface area contributed by atoms with Crippen LogP contribution >= 0.6 is 12.2 Å². The fourth-order valence-corrected chi connectivity index (χ4v) is 3.92. The second-order valence-corrected chi connectivity index (χ2v) is 6.93. The van der Waals surface area contributed by atoms with Crippen LogP contribution in [-0.2, 0) is 4.79 Å². The number of carbonyl (C=O) groups excluding carboxylic acids is 1. The Morgan fingerprint density at radius 1 is 1.25 bits per heavy atom. The van der Waals surface area contributed by atoms with E-state index in [1.165, 1.54) is 19.3 Å².